The molecular weight excluding hydrogens is 246 g/mol. The van der Waals surface area contributed by atoms with Crippen LogP contribution in [0, 0.1) is 0 Å². The molecule has 19 heavy (non-hydrogen) atoms. The lowest BCUT2D eigenvalue weighted by Gasteiger charge is -2.26. The Morgan fingerprint density at radius 3 is 2.68 bits per heavy atom. The fraction of sp³-hybridized carbons (Fsp3) is 0.462. The van der Waals surface area contributed by atoms with Crippen LogP contribution < -0.4 is 10.7 Å². The molecule has 0 aliphatic carbocycles. The minimum absolute atomic E-state index is 0.0222. The van der Waals surface area contributed by atoms with Crippen LogP contribution in [0.3, 0.4) is 0 Å². The molecule has 2 heterocycles. The first-order valence-corrected chi connectivity index (χ1v) is 6.41. The van der Waals surface area contributed by atoms with Gasteiger partial charge in [0.25, 0.3) is 5.91 Å². The molecule has 0 unspecified atom stereocenters. The van der Waals surface area contributed by atoms with E-state index in [4.69, 9.17) is 0 Å². The monoisotopic (exact) mass is 263 g/mol. The van der Waals surface area contributed by atoms with Gasteiger partial charge in [0.2, 0.25) is 5.91 Å². The Bertz CT molecular complexity index is 518. The third kappa shape index (κ3) is 3.43. The molecule has 6 heteroatoms. The molecule has 2 rings (SSSR count). The molecule has 1 saturated heterocycles. The summed E-state index contributed by atoms with van der Waals surface area (Å²) >= 11 is 0. The van der Waals surface area contributed by atoms with E-state index in [1.807, 2.05) is 0 Å². The molecule has 1 aromatic heterocycles. The molecule has 6 nitrogen and oxygen atoms in total. The smallest absolute Gasteiger partial charge is 0.257 e. The zero-order valence-corrected chi connectivity index (χ0v) is 10.6. The van der Waals surface area contributed by atoms with Crippen molar-refractivity contribution in [3.63, 3.8) is 0 Å². The number of H-pyrrole nitrogens is 1. The number of nitrogens with one attached hydrogen (secondary N) is 2. The van der Waals surface area contributed by atoms with E-state index < -0.39 is 5.91 Å². The number of hydrogen-bond donors (Lipinski definition) is 2. The number of aromatic nitrogens is 1. The number of rotatable bonds is 3. The normalized spacial score (nSPS) is 15.1. The molecule has 1 aromatic rings. The minimum atomic E-state index is -0.521. The predicted octanol–water partition coefficient (Wildman–Crippen LogP) is 0.117. The maximum Gasteiger partial charge on any atom is 0.257 e. The highest BCUT2D eigenvalue weighted by Gasteiger charge is 2.17. The Kier molecular flexibility index (Phi) is 4.33. The van der Waals surface area contributed by atoms with Crippen molar-refractivity contribution < 1.29 is 9.59 Å². The van der Waals surface area contributed by atoms with Gasteiger partial charge in [-0.05, 0) is 19.3 Å². The van der Waals surface area contributed by atoms with Crippen molar-refractivity contribution in [2.24, 2.45) is 0 Å². The summed E-state index contributed by atoms with van der Waals surface area (Å²) in [5.41, 5.74) is -0.337. The van der Waals surface area contributed by atoms with Crippen LogP contribution in [-0.2, 0) is 4.79 Å². The van der Waals surface area contributed by atoms with Crippen molar-refractivity contribution in [1.29, 1.82) is 0 Å². The lowest BCUT2D eigenvalue weighted by Crippen LogP contribution is -2.43. The first-order valence-electron chi connectivity index (χ1n) is 6.41. The maximum absolute atomic E-state index is 11.8. The van der Waals surface area contributed by atoms with E-state index in [1.165, 1.54) is 18.5 Å². The van der Waals surface area contributed by atoms with Crippen LogP contribution in [0.25, 0.3) is 0 Å². The summed E-state index contributed by atoms with van der Waals surface area (Å²) in [6.45, 7) is 1.44. The van der Waals surface area contributed by atoms with Crippen molar-refractivity contribution in [3.8, 4) is 0 Å². The fourth-order valence-corrected chi connectivity index (χ4v) is 2.10. The number of amides is 2. The highest BCUT2D eigenvalue weighted by molar-refractivity contribution is 5.96. The van der Waals surface area contributed by atoms with Crippen LogP contribution in [0.15, 0.2) is 23.3 Å². The second kappa shape index (κ2) is 6.17. The van der Waals surface area contributed by atoms with Gasteiger partial charge in [-0.1, -0.05) is 0 Å². The number of nitrogens with zero attached hydrogens (tertiary/aromatic N) is 1. The molecule has 0 atom stereocenters. The highest BCUT2D eigenvalue weighted by atomic mass is 16.2. The molecule has 0 aromatic carbocycles. The largest absolute Gasteiger partial charge is 0.367 e. The summed E-state index contributed by atoms with van der Waals surface area (Å²) in [6, 6.07) is 1.28. The molecule has 2 N–H and O–H groups in total. The standard InChI is InChI=1S/C13H17N3O3/c17-11-4-5-14-8-10(11)13(19)15-9-12(18)16-6-2-1-3-7-16/h4-5,8H,1-3,6-7,9H2,(H,14,17)(H,15,19). The van der Waals surface area contributed by atoms with E-state index >= 15 is 0 Å². The molecular formula is C13H17N3O3. The van der Waals surface area contributed by atoms with Crippen LogP contribution in [0.2, 0.25) is 0 Å². The topological polar surface area (TPSA) is 82.3 Å². The highest BCUT2D eigenvalue weighted by Crippen LogP contribution is 2.08. The quantitative estimate of drug-likeness (QED) is 0.812. The molecule has 102 valence electrons. The molecule has 1 aliphatic rings. The van der Waals surface area contributed by atoms with Crippen molar-refractivity contribution in [1.82, 2.24) is 15.2 Å². The van der Waals surface area contributed by atoms with Gasteiger partial charge in [-0.3, -0.25) is 14.4 Å². The number of carbonyl (C=O) groups is 2. The van der Waals surface area contributed by atoms with E-state index in [0.717, 1.165) is 32.4 Å². The lowest BCUT2D eigenvalue weighted by atomic mass is 10.1. The van der Waals surface area contributed by atoms with Gasteiger partial charge in [0, 0.05) is 31.5 Å². The summed E-state index contributed by atoms with van der Waals surface area (Å²) in [6.07, 6.45) is 5.96. The predicted molar refractivity (Wildman–Crippen MR) is 69.8 cm³/mol. The molecule has 0 radical (unpaired) electrons. The van der Waals surface area contributed by atoms with Gasteiger partial charge in [-0.25, -0.2) is 0 Å². The Hall–Kier alpha value is -2.11. The fourth-order valence-electron chi connectivity index (χ4n) is 2.10. The molecule has 1 aliphatic heterocycles. The maximum atomic E-state index is 11.8. The van der Waals surface area contributed by atoms with Crippen LogP contribution >= 0.6 is 0 Å². The summed E-state index contributed by atoms with van der Waals surface area (Å²) < 4.78 is 0. The first kappa shape index (κ1) is 13.3. The zero-order chi connectivity index (χ0) is 13.7. The summed E-state index contributed by atoms with van der Waals surface area (Å²) in [5, 5.41) is 2.49. The second-order valence-corrected chi connectivity index (χ2v) is 4.55. The first-order chi connectivity index (χ1) is 9.18. The SMILES string of the molecule is O=C(NCC(=O)N1CCCCC1)c1c[nH]ccc1=O. The summed E-state index contributed by atoms with van der Waals surface area (Å²) in [4.78, 5) is 39.5. The molecule has 0 spiro atoms. The summed E-state index contributed by atoms with van der Waals surface area (Å²) in [7, 11) is 0. The summed E-state index contributed by atoms with van der Waals surface area (Å²) in [5.74, 6) is -0.618. The van der Waals surface area contributed by atoms with Gasteiger partial charge in [0.05, 0.1) is 6.54 Å². The van der Waals surface area contributed by atoms with Crippen molar-refractivity contribution in [2.45, 2.75) is 19.3 Å². The third-order valence-corrected chi connectivity index (χ3v) is 3.18. The Morgan fingerprint density at radius 2 is 2.00 bits per heavy atom. The average molecular weight is 263 g/mol. The van der Waals surface area contributed by atoms with E-state index in [-0.39, 0.29) is 23.4 Å². The van der Waals surface area contributed by atoms with E-state index in [1.54, 1.807) is 4.90 Å². The van der Waals surface area contributed by atoms with E-state index in [0.29, 0.717) is 0 Å². The van der Waals surface area contributed by atoms with Gasteiger partial charge in [-0.15, -0.1) is 0 Å². The molecule has 2 amide bonds. The van der Waals surface area contributed by atoms with Gasteiger partial charge in [0.15, 0.2) is 5.43 Å². The van der Waals surface area contributed by atoms with E-state index in [2.05, 4.69) is 10.3 Å². The molecule has 0 saturated carbocycles. The lowest BCUT2D eigenvalue weighted by molar-refractivity contribution is -0.130. The van der Waals surface area contributed by atoms with E-state index in [9.17, 15) is 14.4 Å². The van der Waals surface area contributed by atoms with Gasteiger partial charge < -0.3 is 15.2 Å². The number of pyridine rings is 1. The molecule has 0 bridgehead atoms. The van der Waals surface area contributed by atoms with Crippen molar-refractivity contribution >= 4 is 11.8 Å². The van der Waals surface area contributed by atoms with Crippen molar-refractivity contribution in [2.75, 3.05) is 19.6 Å². The molecule has 1 fully saturated rings. The van der Waals surface area contributed by atoms with Crippen LogP contribution in [0.1, 0.15) is 29.6 Å². The second-order valence-electron chi connectivity index (χ2n) is 4.55. The number of likely N-dealkylation sites (tertiary alicyclic amines) is 1. The van der Waals surface area contributed by atoms with Crippen LogP contribution in [-0.4, -0.2) is 41.3 Å². The zero-order valence-electron chi connectivity index (χ0n) is 10.6. The van der Waals surface area contributed by atoms with Crippen LogP contribution in [0.4, 0.5) is 0 Å². The average Bonchev–Trinajstić information content (AvgIpc) is 2.46. The van der Waals surface area contributed by atoms with Crippen LogP contribution in [0.5, 0.6) is 0 Å². The van der Waals surface area contributed by atoms with Gasteiger partial charge in [-0.2, -0.15) is 0 Å². The number of piperidine rings is 1. The Balaban J connectivity index is 1.88. The van der Waals surface area contributed by atoms with Gasteiger partial charge >= 0.3 is 0 Å². The number of carbonyl (C=O) groups excluding carboxylic acids is 2. The number of hydrogen-bond acceptors (Lipinski definition) is 3. The Morgan fingerprint density at radius 1 is 1.26 bits per heavy atom. The van der Waals surface area contributed by atoms with Gasteiger partial charge in [0.1, 0.15) is 5.56 Å². The third-order valence-electron chi connectivity index (χ3n) is 3.18. The minimum Gasteiger partial charge on any atom is -0.367 e. The number of aromatic amines is 1. The Labute approximate surface area is 110 Å². The van der Waals surface area contributed by atoms with Crippen molar-refractivity contribution in [3.05, 3.63) is 34.2 Å².